The molecule has 0 fully saturated rings. The lowest BCUT2D eigenvalue weighted by Crippen LogP contribution is -2.17. The summed E-state index contributed by atoms with van der Waals surface area (Å²) < 4.78 is 45.6. The van der Waals surface area contributed by atoms with Crippen LogP contribution in [0.4, 0.5) is 18.9 Å². The topological polar surface area (TPSA) is 84.8 Å². The van der Waals surface area contributed by atoms with E-state index in [1.165, 1.54) is 23.9 Å². The minimum atomic E-state index is -4.68. The molecule has 3 rings (SSSR count). The number of anilines is 1. The van der Waals surface area contributed by atoms with Crippen LogP contribution in [0.15, 0.2) is 42.6 Å². The maximum absolute atomic E-state index is 12.9. The molecule has 1 aromatic carbocycles. The van der Waals surface area contributed by atoms with Crippen molar-refractivity contribution in [3.05, 3.63) is 59.7 Å². The average molecular weight is 365 g/mol. The Morgan fingerprint density at radius 3 is 2.69 bits per heavy atom. The summed E-state index contributed by atoms with van der Waals surface area (Å²) in [6.45, 7) is 1.43. The van der Waals surface area contributed by atoms with Crippen molar-refractivity contribution in [1.29, 1.82) is 0 Å². The summed E-state index contributed by atoms with van der Waals surface area (Å²) in [6, 6.07) is 10.4. The van der Waals surface area contributed by atoms with Crippen LogP contribution < -0.4 is 10.1 Å². The number of aromatic nitrogens is 4. The molecule has 0 aliphatic rings. The molecule has 0 radical (unpaired) electrons. The number of hydrogen-bond donors (Lipinski definition) is 2. The molecule has 0 saturated carbocycles. The summed E-state index contributed by atoms with van der Waals surface area (Å²) in [4.78, 5) is 12.2. The third kappa shape index (κ3) is 3.85. The molecular formula is C16H14F3N5O2. The lowest BCUT2D eigenvalue weighted by Gasteiger charge is -2.08. The van der Waals surface area contributed by atoms with Gasteiger partial charge < -0.3 is 10.1 Å². The molecule has 2 aromatic heterocycles. The van der Waals surface area contributed by atoms with Crippen molar-refractivity contribution in [2.75, 3.05) is 5.32 Å². The number of alkyl halides is 3. The van der Waals surface area contributed by atoms with Crippen molar-refractivity contribution in [3.8, 4) is 5.75 Å². The number of hydrogen-bond acceptors (Lipinski definition) is 4. The molecule has 2 heterocycles. The van der Waals surface area contributed by atoms with Gasteiger partial charge in [-0.3, -0.25) is 9.89 Å². The van der Waals surface area contributed by atoms with Crippen LogP contribution >= 0.6 is 0 Å². The maximum Gasteiger partial charge on any atom is 0.437 e. The van der Waals surface area contributed by atoms with E-state index in [0.717, 1.165) is 0 Å². The molecule has 10 heteroatoms. The summed E-state index contributed by atoms with van der Waals surface area (Å²) >= 11 is 0. The Morgan fingerprint density at radius 1 is 1.27 bits per heavy atom. The number of benzene rings is 1. The van der Waals surface area contributed by atoms with Crippen molar-refractivity contribution in [1.82, 2.24) is 20.0 Å². The quantitative estimate of drug-likeness (QED) is 0.727. The van der Waals surface area contributed by atoms with Gasteiger partial charge in [0, 0.05) is 6.20 Å². The second-order valence-corrected chi connectivity index (χ2v) is 5.35. The van der Waals surface area contributed by atoms with Crippen LogP contribution in [0.5, 0.6) is 5.75 Å². The lowest BCUT2D eigenvalue weighted by atomic mass is 10.2. The fourth-order valence-corrected chi connectivity index (χ4v) is 2.18. The van der Waals surface area contributed by atoms with Crippen molar-refractivity contribution >= 4 is 11.6 Å². The molecular weight excluding hydrogens is 351 g/mol. The summed E-state index contributed by atoms with van der Waals surface area (Å²) in [7, 11) is 0. The van der Waals surface area contributed by atoms with Crippen molar-refractivity contribution in [3.63, 3.8) is 0 Å². The number of aromatic amines is 1. The molecule has 0 bridgehead atoms. The third-order valence-electron chi connectivity index (χ3n) is 3.43. The van der Waals surface area contributed by atoms with Crippen LogP contribution in [0.25, 0.3) is 0 Å². The predicted octanol–water partition coefficient (Wildman–Crippen LogP) is 3.22. The van der Waals surface area contributed by atoms with Crippen molar-refractivity contribution in [2.24, 2.45) is 0 Å². The Morgan fingerprint density at radius 2 is 2.00 bits per heavy atom. The van der Waals surface area contributed by atoms with Crippen molar-refractivity contribution in [2.45, 2.75) is 19.8 Å². The number of amides is 1. The molecule has 0 saturated heterocycles. The van der Waals surface area contributed by atoms with E-state index in [1.807, 2.05) is 18.2 Å². The Balaban J connectivity index is 1.68. The number of H-pyrrole nitrogens is 1. The molecule has 0 aliphatic carbocycles. The average Bonchev–Trinajstić information content (AvgIpc) is 3.21. The first kappa shape index (κ1) is 17.5. The number of carbonyl (C=O) groups is 1. The Hall–Kier alpha value is -3.30. The number of para-hydroxylation sites is 1. The molecule has 0 unspecified atom stereocenters. The van der Waals surface area contributed by atoms with Gasteiger partial charge in [-0.25, -0.2) is 4.68 Å². The summed E-state index contributed by atoms with van der Waals surface area (Å²) in [6.07, 6.45) is -3.19. The van der Waals surface area contributed by atoms with Gasteiger partial charge in [-0.1, -0.05) is 18.2 Å². The molecule has 2 N–H and O–H groups in total. The van der Waals surface area contributed by atoms with Gasteiger partial charge in [-0.05, 0) is 25.1 Å². The monoisotopic (exact) mass is 365 g/mol. The van der Waals surface area contributed by atoms with Crippen molar-refractivity contribution < 1.29 is 22.7 Å². The van der Waals surface area contributed by atoms with Gasteiger partial charge in [0.25, 0.3) is 5.91 Å². The van der Waals surface area contributed by atoms with Gasteiger partial charge in [0.2, 0.25) is 0 Å². The van der Waals surface area contributed by atoms with Gasteiger partial charge in [0.15, 0.2) is 18.1 Å². The fraction of sp³-hybridized carbons (Fsp3) is 0.188. The Bertz CT molecular complexity index is 902. The minimum absolute atomic E-state index is 0.0459. The first-order valence-electron chi connectivity index (χ1n) is 7.49. The number of ether oxygens (including phenoxy) is 1. The molecule has 0 aliphatic heterocycles. The van der Waals surface area contributed by atoms with E-state index in [9.17, 15) is 18.0 Å². The van der Waals surface area contributed by atoms with E-state index in [2.05, 4.69) is 20.6 Å². The number of aryl methyl sites for hydroxylation is 1. The highest BCUT2D eigenvalue weighted by Crippen LogP contribution is 2.34. The molecule has 0 atom stereocenters. The van der Waals surface area contributed by atoms with E-state index in [-0.39, 0.29) is 18.1 Å². The van der Waals surface area contributed by atoms with E-state index in [4.69, 9.17) is 4.74 Å². The van der Waals surface area contributed by atoms with Gasteiger partial charge >= 0.3 is 6.18 Å². The number of carbonyl (C=O) groups excluding carboxylic acids is 1. The van der Waals surface area contributed by atoms with Crippen LogP contribution in [-0.2, 0) is 12.9 Å². The van der Waals surface area contributed by atoms with Gasteiger partial charge in [0.1, 0.15) is 5.75 Å². The van der Waals surface area contributed by atoms with Crippen LogP contribution in [0.2, 0.25) is 0 Å². The van der Waals surface area contributed by atoms with Crippen LogP contribution in [-0.4, -0.2) is 25.9 Å². The van der Waals surface area contributed by atoms with Crippen LogP contribution in [0, 0.1) is 6.92 Å². The van der Waals surface area contributed by atoms with Crippen LogP contribution in [0.3, 0.4) is 0 Å². The first-order chi connectivity index (χ1) is 12.3. The first-order valence-corrected chi connectivity index (χ1v) is 7.49. The molecule has 7 nitrogen and oxygen atoms in total. The maximum atomic E-state index is 12.9. The fourth-order valence-electron chi connectivity index (χ4n) is 2.18. The SMILES string of the molecule is Cc1[nH]nc(C(F)(F)F)c1NC(=O)c1ccn(COc2ccccc2)n1. The van der Waals surface area contributed by atoms with E-state index in [1.54, 1.807) is 12.1 Å². The summed E-state index contributed by atoms with van der Waals surface area (Å²) in [5, 5.41) is 11.6. The molecule has 3 aromatic rings. The van der Waals surface area contributed by atoms with E-state index < -0.39 is 23.5 Å². The predicted molar refractivity (Wildman–Crippen MR) is 85.6 cm³/mol. The number of nitrogens with one attached hydrogen (secondary N) is 2. The molecule has 136 valence electrons. The Kier molecular flexibility index (Phi) is 4.65. The molecule has 26 heavy (non-hydrogen) atoms. The van der Waals surface area contributed by atoms with E-state index in [0.29, 0.717) is 5.75 Å². The zero-order valence-corrected chi connectivity index (χ0v) is 13.5. The third-order valence-corrected chi connectivity index (χ3v) is 3.43. The lowest BCUT2D eigenvalue weighted by molar-refractivity contribution is -0.140. The number of halogens is 3. The standard InChI is InChI=1S/C16H14F3N5O2/c1-10-13(14(22-21-10)16(17,18)19)20-15(25)12-7-8-24(23-12)9-26-11-5-3-2-4-6-11/h2-8H,9H2,1H3,(H,20,25)(H,21,22). The van der Waals surface area contributed by atoms with E-state index >= 15 is 0 Å². The zero-order valence-electron chi connectivity index (χ0n) is 13.5. The number of rotatable bonds is 5. The van der Waals surface area contributed by atoms with Gasteiger partial charge in [-0.2, -0.15) is 23.4 Å². The highest BCUT2D eigenvalue weighted by atomic mass is 19.4. The molecule has 0 spiro atoms. The number of nitrogens with zero attached hydrogens (tertiary/aromatic N) is 3. The second kappa shape index (κ2) is 6.90. The van der Waals surface area contributed by atoms with Gasteiger partial charge in [0.05, 0.1) is 11.4 Å². The largest absolute Gasteiger partial charge is 0.471 e. The summed E-state index contributed by atoms with van der Waals surface area (Å²) in [5.74, 6) is -0.156. The smallest absolute Gasteiger partial charge is 0.437 e. The Labute approximate surface area is 145 Å². The normalized spacial score (nSPS) is 11.4. The van der Waals surface area contributed by atoms with Gasteiger partial charge in [-0.15, -0.1) is 0 Å². The minimum Gasteiger partial charge on any atom is -0.471 e. The second-order valence-electron chi connectivity index (χ2n) is 5.35. The van der Waals surface area contributed by atoms with Crippen LogP contribution in [0.1, 0.15) is 21.9 Å². The zero-order chi connectivity index (χ0) is 18.7. The highest BCUT2D eigenvalue weighted by molar-refractivity contribution is 6.03. The highest BCUT2D eigenvalue weighted by Gasteiger charge is 2.38. The summed E-state index contributed by atoms with van der Waals surface area (Å²) in [5.41, 5.74) is -1.55. The molecule has 1 amide bonds.